The summed E-state index contributed by atoms with van der Waals surface area (Å²) >= 11 is 0. The van der Waals surface area contributed by atoms with E-state index in [2.05, 4.69) is 337 Å². The summed E-state index contributed by atoms with van der Waals surface area (Å²) < 4.78 is 7.11. The van der Waals surface area contributed by atoms with Crippen molar-refractivity contribution in [2.45, 2.75) is 57.8 Å². The number of para-hydroxylation sites is 3. The molecule has 12 aromatic carbocycles. The van der Waals surface area contributed by atoms with E-state index in [4.69, 9.17) is 5.26 Å². The topological polar surface area (TPSA) is 125 Å². The maximum absolute atomic E-state index is 9.65. The molecule has 0 atom stereocenters. The molecule has 108 heavy (non-hydrogen) atoms. The van der Waals surface area contributed by atoms with Gasteiger partial charge < -0.3 is 13.7 Å². The lowest BCUT2D eigenvalue weighted by Gasteiger charge is -2.22. The number of hydrogen-bond acceptors (Lipinski definition) is 6. The number of hydrogen-bond donors (Lipinski definition) is 0. The lowest BCUT2D eigenvalue weighted by atomic mass is 9.80. The van der Waals surface area contributed by atoms with Crippen LogP contribution < -0.4 is 0 Å². The number of nitriles is 3. The third-order valence-electron chi connectivity index (χ3n) is 23.0. The van der Waals surface area contributed by atoms with E-state index in [0.717, 1.165) is 50.4 Å². The number of pyridine rings is 3. The highest BCUT2D eigenvalue weighted by Crippen LogP contribution is 2.57. The van der Waals surface area contributed by atoms with E-state index < -0.39 is 0 Å². The van der Waals surface area contributed by atoms with Gasteiger partial charge in [-0.3, -0.25) is 9.97 Å². The Morgan fingerprint density at radius 2 is 0.704 bits per heavy atom. The Morgan fingerprint density at radius 3 is 1.13 bits per heavy atom. The molecule has 6 aromatic heterocycles. The van der Waals surface area contributed by atoms with Crippen LogP contribution in [0.2, 0.25) is 0 Å². The lowest BCUT2D eigenvalue weighted by Crippen LogP contribution is -2.15. The third kappa shape index (κ3) is 9.85. The number of fused-ring (bicyclic) bond motifs is 21. The highest BCUT2D eigenvalue weighted by Gasteiger charge is 2.41. The van der Waals surface area contributed by atoms with Gasteiger partial charge in [-0.25, -0.2) is 4.98 Å². The van der Waals surface area contributed by atoms with Gasteiger partial charge in [0.1, 0.15) is 17.8 Å². The van der Waals surface area contributed by atoms with E-state index in [1.165, 1.54) is 132 Å². The Kier molecular flexibility index (Phi) is 14.9. The number of rotatable bonds is 6. The van der Waals surface area contributed by atoms with Gasteiger partial charge in [-0.15, -0.1) is 0 Å². The zero-order valence-electron chi connectivity index (χ0n) is 60.5. The Morgan fingerprint density at radius 1 is 0.287 bits per heavy atom. The summed E-state index contributed by atoms with van der Waals surface area (Å²) in [5, 5.41) is 35.9. The molecule has 21 rings (SSSR count). The van der Waals surface area contributed by atoms with Crippen molar-refractivity contribution in [3.63, 3.8) is 0 Å². The van der Waals surface area contributed by atoms with Crippen LogP contribution in [-0.4, -0.2) is 28.7 Å². The zero-order valence-corrected chi connectivity index (χ0v) is 60.5. The molecular formula is C99H69N9. The summed E-state index contributed by atoms with van der Waals surface area (Å²) in [5.41, 5.74) is 34.0. The van der Waals surface area contributed by atoms with Gasteiger partial charge in [0.25, 0.3) is 0 Å². The molecule has 0 fully saturated rings. The van der Waals surface area contributed by atoms with Gasteiger partial charge in [-0.2, -0.15) is 15.8 Å². The molecule has 6 heterocycles. The summed E-state index contributed by atoms with van der Waals surface area (Å²) in [6.45, 7) is 14.1. The summed E-state index contributed by atoms with van der Waals surface area (Å²) in [6, 6.07) is 106. The van der Waals surface area contributed by atoms with Gasteiger partial charge in [-0.1, -0.05) is 224 Å². The van der Waals surface area contributed by atoms with Crippen LogP contribution in [0.15, 0.2) is 310 Å². The first-order valence-corrected chi connectivity index (χ1v) is 36.6. The minimum atomic E-state index is -0.0976. The molecule has 0 amide bonds. The predicted molar refractivity (Wildman–Crippen MR) is 439 cm³/mol. The van der Waals surface area contributed by atoms with Crippen LogP contribution in [0.25, 0.3) is 149 Å². The summed E-state index contributed by atoms with van der Waals surface area (Å²) in [7, 11) is 0. The number of aromatic nitrogens is 6. The predicted octanol–water partition coefficient (Wildman–Crippen LogP) is 24.1. The Balaban J connectivity index is 0.000000110. The van der Waals surface area contributed by atoms with Crippen molar-refractivity contribution in [2.24, 2.45) is 0 Å². The molecule has 0 aliphatic heterocycles. The molecule has 0 bridgehead atoms. The molecular weight excluding hydrogens is 1320 g/mol. The second kappa shape index (κ2) is 24.8. The highest BCUT2D eigenvalue weighted by atomic mass is 15.0. The van der Waals surface area contributed by atoms with Crippen LogP contribution in [0.4, 0.5) is 0 Å². The average molecular weight is 1380 g/mol. The molecule has 510 valence electrons. The van der Waals surface area contributed by atoms with Crippen LogP contribution in [0.3, 0.4) is 0 Å². The molecule has 0 saturated heterocycles. The molecule has 9 nitrogen and oxygen atoms in total. The average Bonchev–Trinajstić information content (AvgIpc) is 1.55. The first kappa shape index (κ1) is 64.8. The van der Waals surface area contributed by atoms with E-state index in [1.54, 1.807) is 36.9 Å². The molecule has 0 saturated carbocycles. The fraction of sp³-hybridized carbons (Fsp3) is 0.0909. The molecule has 18 aromatic rings. The standard InChI is InChI=1S/3C33H23N3/c1-33(2)28-12-5-3-10-25(28)26-14-15-30-31(32(26)33)27-11-4-6-13-29(27)36(30)24-9-7-8-22(17-24)23-16-21(18-34)19-35-20-23;1-33(2)28-12-5-3-10-24(28)25-14-15-30-31(32(25)33)26-11-4-6-13-29(26)36(30)23-9-7-8-21(18-23)27-20-35-17-16-22(27)19-34;1-33(2)28-12-5-3-10-25(28)26-16-17-30-31(32(26)33)27-11-4-6-13-29(27)36(30)24-9-7-8-21(18-24)22-14-15-23(19-34)35-20-22/h3-17,19-20H,1-2H3;2*3-18,20H,1-2H3. The molecule has 9 heteroatoms. The van der Waals surface area contributed by atoms with Crippen molar-refractivity contribution in [1.29, 1.82) is 15.8 Å². The summed E-state index contributed by atoms with van der Waals surface area (Å²) in [4.78, 5) is 12.8. The van der Waals surface area contributed by atoms with Crippen molar-refractivity contribution >= 4 is 65.4 Å². The molecule has 0 spiro atoms. The third-order valence-corrected chi connectivity index (χ3v) is 23.0. The minimum Gasteiger partial charge on any atom is -0.309 e. The van der Waals surface area contributed by atoms with Crippen molar-refractivity contribution in [3.05, 3.63) is 360 Å². The zero-order chi connectivity index (χ0) is 73.3. The maximum atomic E-state index is 9.65. The SMILES string of the molecule is CC1(C)c2ccccc2-c2ccc3c(c21)c1ccccc1n3-c1cccc(-c2ccc(C#N)nc2)c1.CC1(C)c2ccccc2-c2ccc3c(c21)c1ccccc1n3-c1cccc(-c2cncc(C#N)c2)c1.CC1(C)c2ccccc2-c2ccc3c(c21)c1ccccc1n3-c1cccc(-c2cnccc2C#N)c1. The highest BCUT2D eigenvalue weighted by molar-refractivity contribution is 6.17. The van der Waals surface area contributed by atoms with Crippen molar-refractivity contribution in [3.8, 4) is 102 Å². The molecule has 0 unspecified atom stereocenters. The molecule has 3 aliphatic rings. The van der Waals surface area contributed by atoms with Gasteiger partial charge in [0.05, 0.1) is 50.3 Å². The molecule has 0 N–H and O–H groups in total. The Hall–Kier alpha value is -14.0. The fourth-order valence-corrected chi connectivity index (χ4v) is 18.3. The van der Waals surface area contributed by atoms with Gasteiger partial charge >= 0.3 is 0 Å². The minimum absolute atomic E-state index is 0.0869. The second-order valence-electron chi connectivity index (χ2n) is 30.0. The van der Waals surface area contributed by atoms with E-state index >= 15 is 0 Å². The van der Waals surface area contributed by atoms with Gasteiger partial charge in [0, 0.05) is 113 Å². The van der Waals surface area contributed by atoms with Crippen molar-refractivity contribution < 1.29 is 0 Å². The number of nitrogens with zero attached hydrogens (tertiary/aromatic N) is 9. The molecule has 0 radical (unpaired) electrons. The number of benzene rings is 12. The summed E-state index contributed by atoms with van der Waals surface area (Å²) in [5.74, 6) is 0. The van der Waals surface area contributed by atoms with E-state index in [0.29, 0.717) is 16.8 Å². The van der Waals surface area contributed by atoms with Crippen molar-refractivity contribution in [2.75, 3.05) is 0 Å². The van der Waals surface area contributed by atoms with Gasteiger partial charge in [-0.05, 0) is 181 Å². The van der Waals surface area contributed by atoms with Gasteiger partial charge in [0.15, 0.2) is 0 Å². The first-order chi connectivity index (χ1) is 52.7. The van der Waals surface area contributed by atoms with E-state index in [-0.39, 0.29) is 16.2 Å². The van der Waals surface area contributed by atoms with Crippen LogP contribution >= 0.6 is 0 Å². The van der Waals surface area contributed by atoms with Crippen LogP contribution in [0.5, 0.6) is 0 Å². The smallest absolute Gasteiger partial charge is 0.140 e. The monoisotopic (exact) mass is 1380 g/mol. The largest absolute Gasteiger partial charge is 0.309 e. The molecule has 3 aliphatic carbocycles. The van der Waals surface area contributed by atoms with Gasteiger partial charge in [0.2, 0.25) is 0 Å². The fourth-order valence-electron chi connectivity index (χ4n) is 18.3. The van der Waals surface area contributed by atoms with Crippen LogP contribution in [0.1, 0.15) is 91.7 Å². The normalized spacial score (nSPS) is 13.5. The van der Waals surface area contributed by atoms with Crippen LogP contribution in [-0.2, 0) is 16.2 Å². The van der Waals surface area contributed by atoms with E-state index in [1.807, 2.05) is 24.4 Å². The quantitative estimate of drug-likeness (QED) is 0.163. The van der Waals surface area contributed by atoms with Crippen molar-refractivity contribution in [1.82, 2.24) is 28.7 Å². The lowest BCUT2D eigenvalue weighted by molar-refractivity contribution is 0.666. The Bertz CT molecular complexity index is 6950. The second-order valence-corrected chi connectivity index (χ2v) is 30.0. The van der Waals surface area contributed by atoms with E-state index in [9.17, 15) is 10.5 Å². The first-order valence-electron chi connectivity index (χ1n) is 36.6. The summed E-state index contributed by atoms with van der Waals surface area (Å²) in [6.07, 6.45) is 8.63. The maximum Gasteiger partial charge on any atom is 0.140 e. The van der Waals surface area contributed by atoms with Crippen LogP contribution in [0, 0.1) is 34.0 Å². The Labute approximate surface area is 626 Å².